The van der Waals surface area contributed by atoms with Crippen LogP contribution in [0.15, 0.2) is 18.2 Å². The van der Waals surface area contributed by atoms with Crippen LogP contribution in [0.5, 0.6) is 0 Å². The molecule has 1 aromatic rings. The fourth-order valence-corrected chi connectivity index (χ4v) is 5.87. The molecular weight excluding hydrogens is 325 g/mol. The van der Waals surface area contributed by atoms with Gasteiger partial charge in [0.1, 0.15) is 5.82 Å². The number of nitrogens with one attached hydrogen (secondary N) is 1. The van der Waals surface area contributed by atoms with Crippen molar-refractivity contribution < 1.29 is 4.39 Å². The third-order valence-corrected chi connectivity index (χ3v) is 7.77. The average Bonchev–Trinajstić information content (AvgIpc) is 2.45. The number of hydrogen-bond donors (Lipinski definition) is 1. The Balaban J connectivity index is 2.06. The van der Waals surface area contributed by atoms with E-state index in [1.54, 1.807) is 6.07 Å². The van der Waals surface area contributed by atoms with E-state index in [1.165, 1.54) is 11.8 Å². The van der Waals surface area contributed by atoms with E-state index in [-0.39, 0.29) is 10.8 Å². The van der Waals surface area contributed by atoms with Gasteiger partial charge in [-0.1, -0.05) is 38.4 Å². The summed E-state index contributed by atoms with van der Waals surface area (Å²) < 4.78 is 13.3. The van der Waals surface area contributed by atoms with Gasteiger partial charge >= 0.3 is 0 Å². The van der Waals surface area contributed by atoms with Gasteiger partial charge in [0.25, 0.3) is 0 Å². The first-order valence-electron chi connectivity index (χ1n) is 7.45. The Morgan fingerprint density at radius 3 is 2.76 bits per heavy atom. The van der Waals surface area contributed by atoms with Gasteiger partial charge in [0.05, 0.1) is 5.02 Å². The maximum absolute atomic E-state index is 13.3. The normalized spacial score (nSPS) is 27.6. The molecule has 1 fully saturated rings. The molecule has 0 aliphatic carbocycles. The predicted octanol–water partition coefficient (Wildman–Crippen LogP) is 4.63. The summed E-state index contributed by atoms with van der Waals surface area (Å²) in [6, 6.07) is 5.48. The van der Waals surface area contributed by atoms with Crippen molar-refractivity contribution in [2.75, 3.05) is 12.3 Å². The molecule has 1 aromatic carbocycles. The lowest BCUT2D eigenvalue weighted by Gasteiger charge is -2.36. The minimum absolute atomic E-state index is 0.218. The maximum Gasteiger partial charge on any atom is 0.141 e. The van der Waals surface area contributed by atoms with Crippen LogP contribution in [-0.4, -0.2) is 34.1 Å². The zero-order valence-corrected chi connectivity index (χ0v) is 15.1. The number of benzene rings is 1. The topological polar surface area (TPSA) is 12.0 Å². The number of hydrogen-bond acceptors (Lipinski definition) is 3. The highest BCUT2D eigenvalue weighted by atomic mass is 35.5. The molecule has 0 radical (unpaired) electrons. The van der Waals surface area contributed by atoms with Gasteiger partial charge in [-0.25, -0.2) is 4.39 Å². The highest BCUT2D eigenvalue weighted by Crippen LogP contribution is 2.37. The van der Waals surface area contributed by atoms with Crippen LogP contribution in [0.4, 0.5) is 4.39 Å². The molecule has 4 unspecified atom stereocenters. The van der Waals surface area contributed by atoms with Crippen LogP contribution in [0.2, 0.25) is 5.02 Å². The molecule has 21 heavy (non-hydrogen) atoms. The summed E-state index contributed by atoms with van der Waals surface area (Å²) in [5.41, 5.74) is 1.10. The lowest BCUT2D eigenvalue weighted by Crippen LogP contribution is -2.44. The fourth-order valence-electron chi connectivity index (χ4n) is 2.54. The highest BCUT2D eigenvalue weighted by molar-refractivity contribution is 8.07. The van der Waals surface area contributed by atoms with Gasteiger partial charge in [0.2, 0.25) is 0 Å². The van der Waals surface area contributed by atoms with E-state index >= 15 is 0 Å². The SMILES string of the molecule is CCNC(Cc1ccc(F)c(Cl)c1)C1CSC(C)C(C)S1. The lowest BCUT2D eigenvalue weighted by molar-refractivity contribution is 0.519. The van der Waals surface area contributed by atoms with Crippen molar-refractivity contribution in [1.29, 1.82) is 0 Å². The van der Waals surface area contributed by atoms with E-state index in [0.29, 0.717) is 21.8 Å². The quantitative estimate of drug-likeness (QED) is 0.834. The molecule has 1 nitrogen and oxygen atoms in total. The molecule has 0 amide bonds. The van der Waals surface area contributed by atoms with E-state index in [2.05, 4.69) is 49.6 Å². The molecular formula is C16H23ClFNS2. The van der Waals surface area contributed by atoms with Crippen LogP contribution in [0.3, 0.4) is 0 Å². The number of rotatable bonds is 5. The van der Waals surface area contributed by atoms with Crippen LogP contribution in [-0.2, 0) is 6.42 Å². The van der Waals surface area contributed by atoms with E-state index < -0.39 is 0 Å². The number of thioether (sulfide) groups is 2. The van der Waals surface area contributed by atoms with Gasteiger partial charge in [0, 0.05) is 27.5 Å². The zero-order valence-electron chi connectivity index (χ0n) is 12.7. The van der Waals surface area contributed by atoms with E-state index in [4.69, 9.17) is 11.6 Å². The number of likely N-dealkylation sites (N-methyl/N-ethyl adjacent to an activating group) is 1. The van der Waals surface area contributed by atoms with Crippen LogP contribution in [0, 0.1) is 5.82 Å². The molecule has 118 valence electrons. The fraction of sp³-hybridized carbons (Fsp3) is 0.625. The molecule has 1 saturated heterocycles. The summed E-state index contributed by atoms with van der Waals surface area (Å²) in [6.07, 6.45) is 0.896. The van der Waals surface area contributed by atoms with Crippen LogP contribution in [0.1, 0.15) is 26.3 Å². The highest BCUT2D eigenvalue weighted by Gasteiger charge is 2.31. The summed E-state index contributed by atoms with van der Waals surface area (Å²) in [7, 11) is 0. The van der Waals surface area contributed by atoms with Crippen molar-refractivity contribution in [1.82, 2.24) is 5.32 Å². The van der Waals surface area contributed by atoms with Gasteiger partial charge in [0.15, 0.2) is 0 Å². The second-order valence-electron chi connectivity index (χ2n) is 5.53. The standard InChI is InChI=1S/C16H23ClFNS2/c1-4-19-15(16-9-20-10(2)11(3)21-16)8-12-5-6-14(18)13(17)7-12/h5-7,10-11,15-16,19H,4,8-9H2,1-3H3. The Morgan fingerprint density at radius 1 is 1.38 bits per heavy atom. The molecule has 5 heteroatoms. The predicted molar refractivity (Wildman–Crippen MR) is 95.3 cm³/mol. The molecule has 0 spiro atoms. The van der Waals surface area contributed by atoms with E-state index in [9.17, 15) is 4.39 Å². The first-order valence-corrected chi connectivity index (χ1v) is 9.82. The lowest BCUT2D eigenvalue weighted by atomic mass is 10.0. The second-order valence-corrected chi connectivity index (χ2v) is 8.97. The largest absolute Gasteiger partial charge is 0.313 e. The summed E-state index contributed by atoms with van der Waals surface area (Å²) in [4.78, 5) is 0. The van der Waals surface area contributed by atoms with Crippen molar-refractivity contribution in [3.8, 4) is 0 Å². The minimum atomic E-state index is -0.342. The Morgan fingerprint density at radius 2 is 2.14 bits per heavy atom. The monoisotopic (exact) mass is 347 g/mol. The third kappa shape index (κ3) is 4.78. The zero-order chi connectivity index (χ0) is 15.4. The molecule has 1 N–H and O–H groups in total. The first-order chi connectivity index (χ1) is 10.0. The van der Waals surface area contributed by atoms with Gasteiger partial charge in [-0.15, -0.1) is 0 Å². The third-order valence-electron chi connectivity index (χ3n) is 3.93. The van der Waals surface area contributed by atoms with Crippen molar-refractivity contribution in [2.24, 2.45) is 0 Å². The maximum atomic E-state index is 13.3. The van der Waals surface area contributed by atoms with E-state index in [1.807, 2.05) is 6.07 Å². The molecule has 1 aliphatic heterocycles. The molecule has 1 heterocycles. The average molecular weight is 348 g/mol. The molecule has 0 bridgehead atoms. The Kier molecular flexibility index (Phi) is 6.73. The van der Waals surface area contributed by atoms with Gasteiger partial charge in [-0.05, 0) is 30.7 Å². The van der Waals surface area contributed by atoms with Crippen LogP contribution < -0.4 is 5.32 Å². The van der Waals surface area contributed by atoms with Crippen LogP contribution in [0.25, 0.3) is 0 Å². The Bertz CT molecular complexity index is 472. The minimum Gasteiger partial charge on any atom is -0.313 e. The van der Waals surface area contributed by atoms with Crippen LogP contribution >= 0.6 is 35.1 Å². The van der Waals surface area contributed by atoms with Crippen molar-refractivity contribution in [3.63, 3.8) is 0 Å². The van der Waals surface area contributed by atoms with Crippen molar-refractivity contribution in [3.05, 3.63) is 34.6 Å². The van der Waals surface area contributed by atoms with Gasteiger partial charge in [-0.3, -0.25) is 0 Å². The van der Waals surface area contributed by atoms with Gasteiger partial charge < -0.3 is 5.32 Å². The van der Waals surface area contributed by atoms with Crippen molar-refractivity contribution >= 4 is 35.1 Å². The van der Waals surface area contributed by atoms with Gasteiger partial charge in [-0.2, -0.15) is 23.5 Å². The smallest absolute Gasteiger partial charge is 0.141 e. The van der Waals surface area contributed by atoms with E-state index in [0.717, 1.165) is 18.5 Å². The summed E-state index contributed by atoms with van der Waals surface area (Å²) in [5.74, 6) is 0.827. The molecule has 1 aliphatic rings. The first kappa shape index (κ1) is 17.5. The number of halogens is 2. The summed E-state index contributed by atoms with van der Waals surface area (Å²) in [5, 5.41) is 5.79. The molecule has 2 rings (SSSR count). The Labute approximate surface area is 140 Å². The molecule has 0 aromatic heterocycles. The second kappa shape index (κ2) is 8.09. The summed E-state index contributed by atoms with van der Waals surface area (Å²) in [6.45, 7) is 7.70. The Hall–Kier alpha value is 0.1000. The van der Waals surface area contributed by atoms with Crippen molar-refractivity contribution in [2.45, 2.75) is 49.0 Å². The molecule has 0 saturated carbocycles. The summed E-state index contributed by atoms with van der Waals surface area (Å²) >= 11 is 10.0. The molecule has 4 atom stereocenters.